The maximum Gasteiger partial charge on any atom is 0.337 e. The van der Waals surface area contributed by atoms with Crippen LogP contribution in [0.1, 0.15) is 31.8 Å². The molecule has 0 saturated heterocycles. The lowest BCUT2D eigenvalue weighted by Gasteiger charge is -2.02. The summed E-state index contributed by atoms with van der Waals surface area (Å²) in [5.41, 5.74) is 6.68. The number of ether oxygens (including phenoxy) is 2. The Bertz CT molecular complexity index is 894. The molecule has 0 unspecified atom stereocenters. The van der Waals surface area contributed by atoms with Gasteiger partial charge in [-0.3, -0.25) is 20.4 Å². The highest BCUT2D eigenvalue weighted by Gasteiger charge is 2.05. The van der Waals surface area contributed by atoms with Crippen molar-refractivity contribution in [1.29, 1.82) is 0 Å². The molecule has 0 aliphatic carbocycles. The van der Waals surface area contributed by atoms with Crippen molar-refractivity contribution >= 4 is 35.9 Å². The van der Waals surface area contributed by atoms with Gasteiger partial charge in [0.25, 0.3) is 11.8 Å². The summed E-state index contributed by atoms with van der Waals surface area (Å²) in [5, 5.41) is 0. The highest BCUT2D eigenvalue weighted by atomic mass is 16.5. The first-order valence-electron chi connectivity index (χ1n) is 8.76. The quantitative estimate of drug-likeness (QED) is 0.430. The van der Waals surface area contributed by atoms with Crippen molar-refractivity contribution in [3.05, 3.63) is 82.9 Å². The minimum atomic E-state index is -0.531. The van der Waals surface area contributed by atoms with Gasteiger partial charge in [0.05, 0.1) is 25.3 Å². The molecular formula is C22H20N2O6. The Kier molecular flexibility index (Phi) is 8.07. The lowest BCUT2D eigenvalue weighted by atomic mass is 10.1. The molecule has 2 rings (SSSR count). The summed E-state index contributed by atoms with van der Waals surface area (Å²) in [5.74, 6) is -1.95. The minimum absolute atomic E-state index is 0.401. The van der Waals surface area contributed by atoms with Gasteiger partial charge in [-0.2, -0.15) is 0 Å². The zero-order valence-corrected chi connectivity index (χ0v) is 16.4. The largest absolute Gasteiger partial charge is 0.465 e. The number of carbonyl (C=O) groups excluding carboxylic acids is 4. The van der Waals surface area contributed by atoms with E-state index >= 15 is 0 Å². The van der Waals surface area contributed by atoms with Crippen LogP contribution < -0.4 is 10.9 Å². The topological polar surface area (TPSA) is 111 Å². The molecule has 0 aromatic heterocycles. The molecule has 2 aromatic rings. The molecule has 2 aromatic carbocycles. The summed E-state index contributed by atoms with van der Waals surface area (Å²) in [7, 11) is 2.59. The molecular weight excluding hydrogens is 388 g/mol. The van der Waals surface area contributed by atoms with Crippen LogP contribution in [0.15, 0.2) is 60.7 Å². The zero-order chi connectivity index (χ0) is 21.9. The zero-order valence-electron chi connectivity index (χ0n) is 16.4. The molecule has 0 aliphatic rings. The number of nitrogens with one attached hydrogen (secondary N) is 2. The second-order valence-electron chi connectivity index (χ2n) is 5.87. The maximum atomic E-state index is 11.8. The fourth-order valence-electron chi connectivity index (χ4n) is 2.25. The molecule has 2 N–H and O–H groups in total. The molecule has 30 heavy (non-hydrogen) atoms. The molecule has 0 bridgehead atoms. The fraction of sp³-hybridized carbons (Fsp3) is 0.0909. The van der Waals surface area contributed by atoms with E-state index in [0.29, 0.717) is 22.3 Å². The Hall–Kier alpha value is -4.20. The molecule has 0 aliphatic heterocycles. The van der Waals surface area contributed by atoms with E-state index in [2.05, 4.69) is 20.3 Å². The highest BCUT2D eigenvalue weighted by Crippen LogP contribution is 2.08. The summed E-state index contributed by atoms with van der Waals surface area (Å²) < 4.78 is 9.22. The molecule has 0 fully saturated rings. The molecule has 154 valence electrons. The average molecular weight is 408 g/mol. The first-order chi connectivity index (χ1) is 14.4. The Morgan fingerprint density at radius 1 is 0.633 bits per heavy atom. The van der Waals surface area contributed by atoms with E-state index in [-0.39, 0.29) is 0 Å². The summed E-state index contributed by atoms with van der Waals surface area (Å²) in [6, 6.07) is 12.9. The second-order valence-corrected chi connectivity index (χ2v) is 5.87. The average Bonchev–Trinajstić information content (AvgIpc) is 2.79. The van der Waals surface area contributed by atoms with Gasteiger partial charge in [0.15, 0.2) is 0 Å². The molecule has 0 atom stereocenters. The number of amides is 2. The Morgan fingerprint density at radius 3 is 1.27 bits per heavy atom. The summed E-state index contributed by atoms with van der Waals surface area (Å²) in [6.07, 6.45) is 5.54. The Morgan fingerprint density at radius 2 is 0.967 bits per heavy atom. The number of hydrogen-bond donors (Lipinski definition) is 2. The van der Waals surface area contributed by atoms with E-state index in [4.69, 9.17) is 0 Å². The Labute approximate surface area is 173 Å². The van der Waals surface area contributed by atoms with Crippen LogP contribution in [0.25, 0.3) is 12.2 Å². The molecule has 0 radical (unpaired) electrons. The first-order valence-corrected chi connectivity index (χ1v) is 8.76. The number of esters is 2. The predicted molar refractivity (Wildman–Crippen MR) is 110 cm³/mol. The van der Waals surface area contributed by atoms with Gasteiger partial charge >= 0.3 is 11.9 Å². The van der Waals surface area contributed by atoms with Gasteiger partial charge < -0.3 is 9.47 Å². The number of methoxy groups -OCH3 is 2. The molecule has 0 spiro atoms. The lowest BCUT2D eigenvalue weighted by molar-refractivity contribution is -0.123. The smallest absolute Gasteiger partial charge is 0.337 e. The van der Waals surface area contributed by atoms with Crippen molar-refractivity contribution in [2.24, 2.45) is 0 Å². The van der Waals surface area contributed by atoms with Crippen LogP contribution in [0.2, 0.25) is 0 Å². The van der Waals surface area contributed by atoms with Crippen LogP contribution in [0.5, 0.6) is 0 Å². The van der Waals surface area contributed by atoms with Crippen LogP contribution in [0.3, 0.4) is 0 Å². The van der Waals surface area contributed by atoms with E-state index < -0.39 is 23.8 Å². The Balaban J connectivity index is 1.81. The number of rotatable bonds is 6. The van der Waals surface area contributed by atoms with Crippen molar-refractivity contribution in [3.63, 3.8) is 0 Å². The number of hydrazine groups is 1. The molecule has 0 saturated carbocycles. The van der Waals surface area contributed by atoms with Gasteiger partial charge in [0, 0.05) is 12.2 Å². The van der Waals surface area contributed by atoms with Gasteiger partial charge in [-0.05, 0) is 47.5 Å². The SMILES string of the molecule is COC(=O)c1ccc(C=CC(=O)NNC(=O)C=Cc2ccc(C(=O)OC)cc2)cc1. The molecule has 8 heteroatoms. The fourth-order valence-corrected chi connectivity index (χ4v) is 2.25. The molecule has 8 nitrogen and oxygen atoms in total. The number of hydrogen-bond acceptors (Lipinski definition) is 6. The van der Waals surface area contributed by atoms with Crippen LogP contribution in [0, 0.1) is 0 Å². The van der Waals surface area contributed by atoms with Crippen molar-refractivity contribution in [3.8, 4) is 0 Å². The lowest BCUT2D eigenvalue weighted by Crippen LogP contribution is -2.39. The van der Waals surface area contributed by atoms with E-state index in [1.54, 1.807) is 48.5 Å². The predicted octanol–water partition coefficient (Wildman–Crippen LogP) is 2.13. The van der Waals surface area contributed by atoms with Crippen molar-refractivity contribution in [2.75, 3.05) is 14.2 Å². The summed E-state index contributed by atoms with van der Waals surface area (Å²) >= 11 is 0. The van der Waals surface area contributed by atoms with E-state index in [9.17, 15) is 19.2 Å². The maximum absolute atomic E-state index is 11.8. The number of carbonyl (C=O) groups is 4. The third-order valence-corrected chi connectivity index (χ3v) is 3.83. The molecule has 2 amide bonds. The summed E-state index contributed by atoms with van der Waals surface area (Å²) in [6.45, 7) is 0. The molecule has 0 heterocycles. The van der Waals surface area contributed by atoms with Crippen LogP contribution >= 0.6 is 0 Å². The van der Waals surface area contributed by atoms with Crippen molar-refractivity contribution in [1.82, 2.24) is 10.9 Å². The third-order valence-electron chi connectivity index (χ3n) is 3.83. The van der Waals surface area contributed by atoms with Crippen LogP contribution in [-0.4, -0.2) is 38.0 Å². The standard InChI is InChI=1S/C22H20N2O6/c1-29-21(27)17-9-3-15(4-10-17)7-13-19(25)23-24-20(26)14-8-16-5-11-18(12-6-16)22(28)30-2/h3-14H,1-2H3,(H,23,25)(H,24,26). The normalized spacial score (nSPS) is 10.6. The van der Waals surface area contributed by atoms with Gasteiger partial charge in [-0.15, -0.1) is 0 Å². The van der Waals surface area contributed by atoms with E-state index in [1.807, 2.05) is 0 Å². The summed E-state index contributed by atoms with van der Waals surface area (Å²) in [4.78, 5) is 46.3. The third kappa shape index (κ3) is 6.75. The van der Waals surface area contributed by atoms with Gasteiger partial charge in [0.1, 0.15) is 0 Å². The minimum Gasteiger partial charge on any atom is -0.465 e. The second kappa shape index (κ2) is 11.0. The van der Waals surface area contributed by atoms with Gasteiger partial charge in [0.2, 0.25) is 0 Å². The van der Waals surface area contributed by atoms with Crippen LogP contribution in [0.4, 0.5) is 0 Å². The van der Waals surface area contributed by atoms with Crippen molar-refractivity contribution < 1.29 is 28.7 Å². The van der Waals surface area contributed by atoms with Gasteiger partial charge in [-0.25, -0.2) is 9.59 Å². The first kappa shape index (κ1) is 22.1. The number of benzene rings is 2. The van der Waals surface area contributed by atoms with E-state index in [0.717, 1.165) is 0 Å². The van der Waals surface area contributed by atoms with Crippen molar-refractivity contribution in [2.45, 2.75) is 0 Å². The van der Waals surface area contributed by atoms with E-state index in [1.165, 1.54) is 38.5 Å². The highest BCUT2D eigenvalue weighted by molar-refractivity contribution is 5.97. The van der Waals surface area contributed by atoms with Crippen LogP contribution in [-0.2, 0) is 19.1 Å². The van der Waals surface area contributed by atoms with Gasteiger partial charge in [-0.1, -0.05) is 24.3 Å². The monoisotopic (exact) mass is 408 g/mol.